The average Bonchev–Trinajstić information content (AvgIpc) is 2.77. The normalized spacial score (nSPS) is 10.3. The van der Waals surface area contributed by atoms with Gasteiger partial charge in [0.1, 0.15) is 15.6 Å². The van der Waals surface area contributed by atoms with E-state index in [0.29, 0.717) is 20.8 Å². The van der Waals surface area contributed by atoms with E-state index in [-0.39, 0.29) is 11.8 Å². The summed E-state index contributed by atoms with van der Waals surface area (Å²) in [5.74, 6) is -1.08. The summed E-state index contributed by atoms with van der Waals surface area (Å²) < 4.78 is 4.68. The lowest BCUT2D eigenvalue weighted by Crippen LogP contribution is -2.14. The molecule has 7 heteroatoms. The molecule has 0 saturated carbocycles. The largest absolute Gasteiger partial charge is 0.465 e. The minimum atomic E-state index is -0.511. The molecule has 2 aromatic heterocycles. The maximum absolute atomic E-state index is 11.6. The van der Waals surface area contributed by atoms with E-state index >= 15 is 0 Å². The van der Waals surface area contributed by atoms with Crippen LogP contribution in [0, 0.1) is 0 Å². The maximum Gasteiger partial charge on any atom is 0.350 e. The summed E-state index contributed by atoms with van der Waals surface area (Å²) in [5, 5.41) is 3.29. The number of methoxy groups -OCH3 is 1. The number of anilines is 1. The van der Waals surface area contributed by atoms with Crippen LogP contribution >= 0.6 is 22.9 Å². The van der Waals surface area contributed by atoms with Crippen LogP contribution in [-0.4, -0.2) is 29.9 Å². The zero-order chi connectivity index (χ0) is 13.1. The molecule has 0 atom stereocenters. The third-order valence-corrected chi connectivity index (χ3v) is 3.56. The molecule has 0 aliphatic rings. The molecule has 0 aliphatic carbocycles. The van der Waals surface area contributed by atoms with E-state index in [1.165, 1.54) is 18.4 Å². The number of fused-ring (bicyclic) bond motifs is 1. The monoisotopic (exact) mass is 284 g/mol. The van der Waals surface area contributed by atoms with Crippen molar-refractivity contribution in [2.45, 2.75) is 0 Å². The van der Waals surface area contributed by atoms with Gasteiger partial charge in [0, 0.05) is 11.6 Å². The number of halogens is 1. The van der Waals surface area contributed by atoms with Gasteiger partial charge in [0.25, 0.3) is 0 Å². The van der Waals surface area contributed by atoms with Crippen molar-refractivity contribution in [2.75, 3.05) is 18.3 Å². The predicted molar refractivity (Wildman–Crippen MR) is 70.3 cm³/mol. The van der Waals surface area contributed by atoms with E-state index in [9.17, 15) is 9.59 Å². The molecule has 0 aliphatic heterocycles. The van der Waals surface area contributed by atoms with Gasteiger partial charge in [0.05, 0.1) is 12.8 Å². The van der Waals surface area contributed by atoms with Gasteiger partial charge in [0.2, 0.25) is 5.91 Å². The SMILES string of the molecule is COC(=O)c1sc2ncccc2c1NC(=O)CCl. The molecular formula is C11H9ClN2O3S. The van der Waals surface area contributed by atoms with Gasteiger partial charge in [-0.15, -0.1) is 22.9 Å². The van der Waals surface area contributed by atoms with Gasteiger partial charge in [-0.1, -0.05) is 0 Å². The second-order valence-electron chi connectivity index (χ2n) is 3.34. The van der Waals surface area contributed by atoms with Crippen molar-refractivity contribution in [3.63, 3.8) is 0 Å². The molecule has 5 nitrogen and oxygen atoms in total. The van der Waals surface area contributed by atoms with E-state index in [1.807, 2.05) is 0 Å². The van der Waals surface area contributed by atoms with Crippen LogP contribution in [0.15, 0.2) is 18.3 Å². The van der Waals surface area contributed by atoms with Crippen molar-refractivity contribution in [1.29, 1.82) is 0 Å². The summed E-state index contributed by atoms with van der Waals surface area (Å²) in [6.45, 7) is 0. The van der Waals surface area contributed by atoms with Crippen LogP contribution in [0.5, 0.6) is 0 Å². The van der Waals surface area contributed by atoms with E-state index in [1.54, 1.807) is 18.3 Å². The number of amides is 1. The number of esters is 1. The number of pyridine rings is 1. The molecule has 0 fully saturated rings. The zero-order valence-electron chi connectivity index (χ0n) is 9.40. The van der Waals surface area contributed by atoms with Crippen LogP contribution in [0.2, 0.25) is 0 Å². The molecule has 0 saturated heterocycles. The van der Waals surface area contributed by atoms with Gasteiger partial charge in [-0.3, -0.25) is 4.79 Å². The number of nitrogens with zero attached hydrogens (tertiary/aromatic N) is 1. The lowest BCUT2D eigenvalue weighted by Gasteiger charge is -2.04. The van der Waals surface area contributed by atoms with Crippen molar-refractivity contribution < 1.29 is 14.3 Å². The number of alkyl halides is 1. The molecule has 2 heterocycles. The first-order chi connectivity index (χ1) is 8.67. The molecule has 0 unspecified atom stereocenters. The molecule has 2 aromatic rings. The van der Waals surface area contributed by atoms with Gasteiger partial charge in [-0.05, 0) is 12.1 Å². The lowest BCUT2D eigenvalue weighted by molar-refractivity contribution is -0.113. The number of thiophene rings is 1. The highest BCUT2D eigenvalue weighted by atomic mass is 35.5. The Morgan fingerprint density at radius 3 is 3.00 bits per heavy atom. The first kappa shape index (κ1) is 12.8. The maximum atomic E-state index is 11.6. The van der Waals surface area contributed by atoms with Crippen molar-refractivity contribution in [2.24, 2.45) is 0 Å². The molecular weight excluding hydrogens is 276 g/mol. The Bertz CT molecular complexity index is 611. The first-order valence-electron chi connectivity index (χ1n) is 4.99. The Balaban J connectivity index is 2.57. The second-order valence-corrected chi connectivity index (χ2v) is 4.60. The number of aromatic nitrogens is 1. The van der Waals surface area contributed by atoms with E-state index in [2.05, 4.69) is 15.0 Å². The molecule has 0 spiro atoms. The smallest absolute Gasteiger partial charge is 0.350 e. The first-order valence-corrected chi connectivity index (χ1v) is 6.34. The zero-order valence-corrected chi connectivity index (χ0v) is 11.0. The van der Waals surface area contributed by atoms with Crippen molar-refractivity contribution in [3.8, 4) is 0 Å². The van der Waals surface area contributed by atoms with E-state index < -0.39 is 5.97 Å². The number of carbonyl (C=O) groups excluding carboxylic acids is 2. The third kappa shape index (κ3) is 2.30. The quantitative estimate of drug-likeness (QED) is 0.693. The van der Waals surface area contributed by atoms with Crippen LogP contribution in [0.1, 0.15) is 9.67 Å². The Hall–Kier alpha value is -1.66. The van der Waals surface area contributed by atoms with Crippen LogP contribution in [0.4, 0.5) is 5.69 Å². The minimum Gasteiger partial charge on any atom is -0.465 e. The fraction of sp³-hybridized carbons (Fsp3) is 0.182. The Labute approximate surface area is 112 Å². The van der Waals surface area contributed by atoms with Gasteiger partial charge >= 0.3 is 5.97 Å². The molecule has 0 bridgehead atoms. The van der Waals surface area contributed by atoms with Crippen molar-refractivity contribution >= 4 is 50.7 Å². The fourth-order valence-corrected chi connectivity index (χ4v) is 2.55. The lowest BCUT2D eigenvalue weighted by atomic mass is 10.2. The molecule has 94 valence electrons. The second kappa shape index (κ2) is 5.32. The number of hydrogen-bond acceptors (Lipinski definition) is 5. The van der Waals surface area contributed by atoms with E-state index in [0.717, 1.165) is 0 Å². The molecule has 1 amide bonds. The van der Waals surface area contributed by atoms with Crippen LogP contribution in [-0.2, 0) is 9.53 Å². The Morgan fingerprint density at radius 2 is 2.33 bits per heavy atom. The summed E-state index contributed by atoms with van der Waals surface area (Å²) in [4.78, 5) is 28.1. The highest BCUT2D eigenvalue weighted by molar-refractivity contribution is 7.21. The van der Waals surface area contributed by atoms with Gasteiger partial charge in [0.15, 0.2) is 0 Å². The van der Waals surface area contributed by atoms with Crippen molar-refractivity contribution in [1.82, 2.24) is 4.98 Å². The summed E-state index contributed by atoms with van der Waals surface area (Å²) in [6, 6.07) is 3.50. The van der Waals surface area contributed by atoms with Gasteiger partial charge < -0.3 is 10.1 Å². The summed E-state index contributed by atoms with van der Waals surface area (Å²) in [6.07, 6.45) is 1.62. The number of hydrogen-bond donors (Lipinski definition) is 1. The number of nitrogens with one attached hydrogen (secondary N) is 1. The third-order valence-electron chi connectivity index (χ3n) is 2.22. The topological polar surface area (TPSA) is 68.3 Å². The molecule has 2 rings (SSSR count). The number of ether oxygens (including phenoxy) is 1. The summed E-state index contributed by atoms with van der Waals surface area (Å²) in [5.41, 5.74) is 0.403. The van der Waals surface area contributed by atoms with Gasteiger partial charge in [-0.25, -0.2) is 9.78 Å². The van der Waals surface area contributed by atoms with E-state index in [4.69, 9.17) is 11.6 Å². The van der Waals surface area contributed by atoms with Crippen molar-refractivity contribution in [3.05, 3.63) is 23.2 Å². The fourth-order valence-electron chi connectivity index (χ4n) is 1.47. The predicted octanol–water partition coefficient (Wildman–Crippen LogP) is 2.26. The number of carbonyl (C=O) groups is 2. The summed E-state index contributed by atoms with van der Waals surface area (Å²) in [7, 11) is 1.29. The molecule has 1 N–H and O–H groups in total. The molecule has 0 radical (unpaired) electrons. The molecule has 0 aromatic carbocycles. The van der Waals surface area contributed by atoms with Crippen LogP contribution in [0.25, 0.3) is 10.2 Å². The average molecular weight is 285 g/mol. The Kier molecular flexibility index (Phi) is 3.78. The van der Waals surface area contributed by atoms with Crippen LogP contribution < -0.4 is 5.32 Å². The molecule has 18 heavy (non-hydrogen) atoms. The Morgan fingerprint density at radius 1 is 1.56 bits per heavy atom. The highest BCUT2D eigenvalue weighted by Gasteiger charge is 2.20. The number of rotatable bonds is 3. The van der Waals surface area contributed by atoms with Gasteiger partial charge in [-0.2, -0.15) is 0 Å². The standard InChI is InChI=1S/C11H9ClN2O3S/c1-17-11(16)9-8(14-7(15)5-12)6-3-2-4-13-10(6)18-9/h2-4H,5H2,1H3,(H,14,15). The minimum absolute atomic E-state index is 0.182. The van der Waals surface area contributed by atoms with Crippen LogP contribution in [0.3, 0.4) is 0 Å². The highest BCUT2D eigenvalue weighted by Crippen LogP contribution is 2.34. The summed E-state index contributed by atoms with van der Waals surface area (Å²) >= 11 is 6.61.